The second kappa shape index (κ2) is 3.02. The molecule has 0 fully saturated rings. The molecule has 0 aliphatic carbocycles. The third-order valence-electron chi connectivity index (χ3n) is 0.571. The van der Waals surface area contributed by atoms with Gasteiger partial charge in [0.1, 0.15) is 0 Å². The number of hydrogen-bond acceptors (Lipinski definition) is 1. The number of allylic oxidation sites excluding steroid dienone is 3. The van der Waals surface area contributed by atoms with Crippen LogP contribution in [0.15, 0.2) is 36.6 Å². The van der Waals surface area contributed by atoms with E-state index in [2.05, 4.69) is 13.2 Å². The van der Waals surface area contributed by atoms with Gasteiger partial charge in [0.25, 0.3) is 0 Å². The molecule has 3 heteroatoms. The standard InChI is InChI=1S/C6H7F2N/c1-4(9)3-6(8)5(2)7/h3H,1-2,9H2/b6-3+. The Kier molecular flexibility index (Phi) is 2.64. The summed E-state index contributed by atoms with van der Waals surface area (Å²) in [6.45, 7) is 5.83. The first-order chi connectivity index (χ1) is 4.04. The van der Waals surface area contributed by atoms with Gasteiger partial charge in [0.2, 0.25) is 0 Å². The summed E-state index contributed by atoms with van der Waals surface area (Å²) in [6, 6.07) is 0. The smallest absolute Gasteiger partial charge is 0.160 e. The van der Waals surface area contributed by atoms with Crippen LogP contribution in [0.5, 0.6) is 0 Å². The van der Waals surface area contributed by atoms with Crippen molar-refractivity contribution in [3.63, 3.8) is 0 Å². The van der Waals surface area contributed by atoms with Crippen molar-refractivity contribution >= 4 is 0 Å². The van der Waals surface area contributed by atoms with Crippen LogP contribution >= 0.6 is 0 Å². The van der Waals surface area contributed by atoms with E-state index in [1.54, 1.807) is 0 Å². The Morgan fingerprint density at radius 3 is 1.89 bits per heavy atom. The topological polar surface area (TPSA) is 26.0 Å². The van der Waals surface area contributed by atoms with Crippen molar-refractivity contribution in [2.75, 3.05) is 0 Å². The van der Waals surface area contributed by atoms with Gasteiger partial charge in [-0.25, -0.2) is 8.78 Å². The largest absolute Gasteiger partial charge is 0.399 e. The summed E-state index contributed by atoms with van der Waals surface area (Å²) in [7, 11) is 0. The number of halogens is 2. The molecule has 50 valence electrons. The highest BCUT2D eigenvalue weighted by Crippen LogP contribution is 2.10. The van der Waals surface area contributed by atoms with Crippen LogP contribution in [-0.2, 0) is 0 Å². The molecular formula is C6H7F2N. The lowest BCUT2D eigenvalue weighted by molar-refractivity contribution is 0.547. The van der Waals surface area contributed by atoms with Gasteiger partial charge in [-0.3, -0.25) is 0 Å². The van der Waals surface area contributed by atoms with Gasteiger partial charge in [0, 0.05) is 5.70 Å². The highest BCUT2D eigenvalue weighted by molar-refractivity contribution is 5.23. The van der Waals surface area contributed by atoms with Crippen LogP contribution in [0.3, 0.4) is 0 Å². The van der Waals surface area contributed by atoms with Gasteiger partial charge in [0.05, 0.1) is 0 Å². The molecular weight excluding hydrogens is 124 g/mol. The molecule has 0 saturated carbocycles. The molecule has 0 aliphatic heterocycles. The fraction of sp³-hybridized carbons (Fsp3) is 0. The van der Waals surface area contributed by atoms with Gasteiger partial charge in [-0.15, -0.1) is 0 Å². The fourth-order valence-electron chi connectivity index (χ4n) is 0.241. The van der Waals surface area contributed by atoms with Crippen LogP contribution in [0, 0.1) is 0 Å². The van der Waals surface area contributed by atoms with E-state index >= 15 is 0 Å². The van der Waals surface area contributed by atoms with Gasteiger partial charge in [-0.1, -0.05) is 13.2 Å². The molecule has 0 amide bonds. The van der Waals surface area contributed by atoms with Crippen LogP contribution in [0.1, 0.15) is 0 Å². The summed E-state index contributed by atoms with van der Waals surface area (Å²) < 4.78 is 23.7. The molecule has 9 heavy (non-hydrogen) atoms. The first-order valence-electron chi connectivity index (χ1n) is 2.20. The summed E-state index contributed by atoms with van der Waals surface area (Å²) in [6.07, 6.45) is 0.766. The monoisotopic (exact) mass is 131 g/mol. The summed E-state index contributed by atoms with van der Waals surface area (Å²) in [5, 5.41) is 0. The third-order valence-corrected chi connectivity index (χ3v) is 0.571. The van der Waals surface area contributed by atoms with E-state index in [0.29, 0.717) is 0 Å². The minimum absolute atomic E-state index is 0.0358. The zero-order chi connectivity index (χ0) is 7.44. The Morgan fingerprint density at radius 1 is 1.33 bits per heavy atom. The molecule has 0 atom stereocenters. The second-order valence-corrected chi connectivity index (χ2v) is 1.47. The molecule has 0 saturated heterocycles. The molecule has 0 aromatic carbocycles. The van der Waals surface area contributed by atoms with Crippen LogP contribution in [0.2, 0.25) is 0 Å². The first-order valence-corrected chi connectivity index (χ1v) is 2.20. The fourth-order valence-corrected chi connectivity index (χ4v) is 0.241. The Bertz CT molecular complexity index is 170. The Hall–Kier alpha value is -1.12. The SMILES string of the molecule is C=C(N)/C=C(/F)C(=C)F. The molecule has 0 bridgehead atoms. The van der Waals surface area contributed by atoms with Crippen LogP contribution in [0.25, 0.3) is 0 Å². The quantitative estimate of drug-likeness (QED) is 0.568. The summed E-state index contributed by atoms with van der Waals surface area (Å²) in [5.74, 6) is -2.22. The van der Waals surface area contributed by atoms with E-state index in [4.69, 9.17) is 5.73 Å². The molecule has 2 N–H and O–H groups in total. The van der Waals surface area contributed by atoms with Crippen molar-refractivity contribution in [3.8, 4) is 0 Å². The van der Waals surface area contributed by atoms with E-state index in [1.165, 1.54) is 0 Å². The average molecular weight is 131 g/mol. The van der Waals surface area contributed by atoms with Crippen molar-refractivity contribution in [1.29, 1.82) is 0 Å². The highest BCUT2D eigenvalue weighted by atomic mass is 19.2. The maximum absolute atomic E-state index is 12.0. The van der Waals surface area contributed by atoms with Gasteiger partial charge >= 0.3 is 0 Å². The van der Waals surface area contributed by atoms with E-state index in [0.717, 1.165) is 6.08 Å². The summed E-state index contributed by atoms with van der Waals surface area (Å²) in [4.78, 5) is 0. The Balaban J connectivity index is 4.17. The molecule has 0 rings (SSSR count). The second-order valence-electron chi connectivity index (χ2n) is 1.47. The lowest BCUT2D eigenvalue weighted by Gasteiger charge is -1.88. The van der Waals surface area contributed by atoms with Crippen molar-refractivity contribution in [2.24, 2.45) is 5.73 Å². The van der Waals surface area contributed by atoms with E-state index in [-0.39, 0.29) is 5.70 Å². The number of nitrogens with two attached hydrogens (primary N) is 1. The minimum Gasteiger partial charge on any atom is -0.399 e. The predicted octanol–water partition coefficient (Wildman–Crippen LogP) is 1.80. The van der Waals surface area contributed by atoms with Crippen molar-refractivity contribution < 1.29 is 8.78 Å². The maximum Gasteiger partial charge on any atom is 0.160 e. The molecule has 0 aromatic rings. The molecule has 0 spiro atoms. The first kappa shape index (κ1) is 7.88. The van der Waals surface area contributed by atoms with Crippen molar-refractivity contribution in [3.05, 3.63) is 36.6 Å². The van der Waals surface area contributed by atoms with Crippen molar-refractivity contribution in [2.45, 2.75) is 0 Å². The molecule has 0 heterocycles. The van der Waals surface area contributed by atoms with E-state index < -0.39 is 11.7 Å². The Labute approximate surface area is 52.2 Å². The third kappa shape index (κ3) is 3.46. The van der Waals surface area contributed by atoms with Gasteiger partial charge in [0.15, 0.2) is 11.7 Å². The summed E-state index contributed by atoms with van der Waals surface area (Å²) in [5.41, 5.74) is 4.88. The maximum atomic E-state index is 12.0. The molecule has 0 aliphatic rings. The zero-order valence-electron chi connectivity index (χ0n) is 4.82. The molecule has 0 unspecified atom stereocenters. The van der Waals surface area contributed by atoms with Gasteiger partial charge in [-0.05, 0) is 6.08 Å². The molecule has 0 radical (unpaired) electrons. The van der Waals surface area contributed by atoms with Crippen LogP contribution < -0.4 is 5.73 Å². The average Bonchev–Trinajstić information content (AvgIpc) is 1.63. The van der Waals surface area contributed by atoms with Crippen LogP contribution in [0.4, 0.5) is 8.78 Å². The van der Waals surface area contributed by atoms with Gasteiger partial charge < -0.3 is 5.73 Å². The summed E-state index contributed by atoms with van der Waals surface area (Å²) >= 11 is 0. The van der Waals surface area contributed by atoms with E-state index in [1.807, 2.05) is 0 Å². The number of hydrogen-bond donors (Lipinski definition) is 1. The zero-order valence-corrected chi connectivity index (χ0v) is 4.82. The normalized spacial score (nSPS) is 11.1. The lowest BCUT2D eigenvalue weighted by Crippen LogP contribution is -1.90. The predicted molar refractivity (Wildman–Crippen MR) is 32.8 cm³/mol. The number of rotatable bonds is 2. The minimum atomic E-state index is -1.14. The molecule has 0 aromatic heterocycles. The van der Waals surface area contributed by atoms with E-state index in [9.17, 15) is 8.78 Å². The Morgan fingerprint density at radius 2 is 1.78 bits per heavy atom. The van der Waals surface area contributed by atoms with Crippen LogP contribution in [-0.4, -0.2) is 0 Å². The van der Waals surface area contributed by atoms with Gasteiger partial charge in [-0.2, -0.15) is 0 Å². The lowest BCUT2D eigenvalue weighted by atomic mass is 10.4. The highest BCUT2D eigenvalue weighted by Gasteiger charge is 1.96. The molecule has 1 nitrogen and oxygen atoms in total. The van der Waals surface area contributed by atoms with Crippen molar-refractivity contribution in [1.82, 2.24) is 0 Å².